The summed E-state index contributed by atoms with van der Waals surface area (Å²) in [5.41, 5.74) is 0.288. The van der Waals surface area contributed by atoms with Crippen LogP contribution in [0, 0.1) is 0 Å². The van der Waals surface area contributed by atoms with Crippen LogP contribution >= 0.6 is 0 Å². The third-order valence-corrected chi connectivity index (χ3v) is 4.64. The Bertz CT molecular complexity index is 672. The molecule has 0 unspecified atom stereocenters. The summed E-state index contributed by atoms with van der Waals surface area (Å²) in [6.07, 6.45) is 2.50. The van der Waals surface area contributed by atoms with E-state index in [1.807, 2.05) is 0 Å². The van der Waals surface area contributed by atoms with Crippen LogP contribution in [0.2, 0.25) is 0 Å². The van der Waals surface area contributed by atoms with Gasteiger partial charge in [-0.15, -0.1) is 0 Å². The van der Waals surface area contributed by atoms with Crippen LogP contribution in [0.3, 0.4) is 0 Å². The van der Waals surface area contributed by atoms with Crippen molar-refractivity contribution in [2.45, 2.75) is 17.7 Å². The lowest BCUT2D eigenvalue weighted by Crippen LogP contribution is -2.07. The predicted octanol–water partition coefficient (Wildman–Crippen LogP) is 1.10. The van der Waals surface area contributed by atoms with E-state index >= 15 is 0 Å². The van der Waals surface area contributed by atoms with Gasteiger partial charge in [-0.2, -0.15) is 0 Å². The third kappa shape index (κ3) is 5.52. The van der Waals surface area contributed by atoms with E-state index in [9.17, 15) is 21.6 Å². The van der Waals surface area contributed by atoms with Crippen LogP contribution in [0.5, 0.6) is 0 Å². The van der Waals surface area contributed by atoms with Crippen LogP contribution < -0.4 is 0 Å². The molecule has 1 rings (SSSR count). The second-order valence-corrected chi connectivity index (χ2v) is 8.73. The summed E-state index contributed by atoms with van der Waals surface area (Å²) in [7, 11) is -6.43. The highest BCUT2D eigenvalue weighted by atomic mass is 32.2. The molecule has 0 saturated heterocycles. The highest BCUT2D eigenvalue weighted by molar-refractivity contribution is 7.91. The molecule has 0 heterocycles. The maximum Gasteiger partial charge on any atom is 0.175 e. The van der Waals surface area contributed by atoms with Gasteiger partial charge in [-0.3, -0.25) is 4.79 Å². The zero-order chi connectivity index (χ0) is 14.7. The number of hydrogen-bond donors (Lipinski definition) is 0. The number of hydrogen-bond acceptors (Lipinski definition) is 5. The predicted molar refractivity (Wildman–Crippen MR) is 72.8 cm³/mol. The molecule has 0 bridgehead atoms. The molecule has 106 valence electrons. The lowest BCUT2D eigenvalue weighted by atomic mass is 10.1. The normalized spacial score (nSPS) is 12.3. The van der Waals surface area contributed by atoms with E-state index in [0.29, 0.717) is 0 Å². The summed E-state index contributed by atoms with van der Waals surface area (Å²) in [6, 6.07) is 5.76. The molecule has 0 aromatic heterocycles. The zero-order valence-corrected chi connectivity index (χ0v) is 12.4. The van der Waals surface area contributed by atoms with Crippen molar-refractivity contribution in [3.8, 4) is 0 Å². The minimum Gasteiger partial charge on any atom is -0.294 e. The van der Waals surface area contributed by atoms with Crippen molar-refractivity contribution >= 4 is 25.5 Å². The molecule has 0 saturated carbocycles. The lowest BCUT2D eigenvalue weighted by Gasteiger charge is -2.03. The zero-order valence-electron chi connectivity index (χ0n) is 10.8. The van der Waals surface area contributed by atoms with E-state index in [-0.39, 0.29) is 34.8 Å². The average Bonchev–Trinajstić information content (AvgIpc) is 2.26. The Balaban J connectivity index is 2.79. The molecule has 0 atom stereocenters. The van der Waals surface area contributed by atoms with E-state index in [1.54, 1.807) is 0 Å². The first-order valence-electron chi connectivity index (χ1n) is 5.61. The van der Waals surface area contributed by atoms with Crippen LogP contribution in [-0.2, 0) is 19.7 Å². The molecule has 1 aromatic rings. The summed E-state index contributed by atoms with van der Waals surface area (Å²) in [6.45, 7) is 0. The Hall–Kier alpha value is -1.21. The fourth-order valence-electron chi connectivity index (χ4n) is 1.54. The average molecular weight is 304 g/mol. The van der Waals surface area contributed by atoms with Gasteiger partial charge in [0.2, 0.25) is 0 Å². The molecule has 1 aromatic carbocycles. The first-order valence-corrected chi connectivity index (χ1v) is 9.56. The SMILES string of the molecule is CS(=O)(=O)CCCC(=O)c1cccc(S(C)(=O)=O)c1. The van der Waals surface area contributed by atoms with E-state index in [0.717, 1.165) is 12.5 Å². The van der Waals surface area contributed by atoms with Gasteiger partial charge in [0.15, 0.2) is 15.6 Å². The van der Waals surface area contributed by atoms with Gasteiger partial charge >= 0.3 is 0 Å². The van der Waals surface area contributed by atoms with Crippen molar-refractivity contribution in [1.29, 1.82) is 0 Å². The fraction of sp³-hybridized carbons (Fsp3) is 0.417. The molecule has 0 aliphatic carbocycles. The number of carbonyl (C=O) groups excluding carboxylic acids is 1. The number of ketones is 1. The van der Waals surface area contributed by atoms with Crippen LogP contribution in [-0.4, -0.2) is 40.9 Å². The largest absolute Gasteiger partial charge is 0.294 e. The quantitative estimate of drug-likeness (QED) is 0.735. The van der Waals surface area contributed by atoms with Crippen molar-refractivity contribution in [2.24, 2.45) is 0 Å². The van der Waals surface area contributed by atoms with Crippen LogP contribution in [0.1, 0.15) is 23.2 Å². The molecule has 0 amide bonds. The summed E-state index contributed by atoms with van der Waals surface area (Å²) < 4.78 is 44.6. The number of carbonyl (C=O) groups is 1. The second kappa shape index (κ2) is 5.83. The number of Topliss-reactive ketones (excluding diaryl/α,β-unsaturated/α-hetero) is 1. The van der Waals surface area contributed by atoms with Crippen LogP contribution in [0.15, 0.2) is 29.2 Å². The van der Waals surface area contributed by atoms with Crippen LogP contribution in [0.4, 0.5) is 0 Å². The van der Waals surface area contributed by atoms with E-state index in [4.69, 9.17) is 0 Å². The number of rotatable bonds is 6. The molecule has 0 radical (unpaired) electrons. The number of sulfone groups is 2. The first kappa shape index (κ1) is 15.8. The summed E-state index contributed by atoms with van der Waals surface area (Å²) in [4.78, 5) is 11.9. The molecular formula is C12H16O5S2. The number of benzene rings is 1. The maximum absolute atomic E-state index is 11.8. The Kier molecular flexibility index (Phi) is 4.86. The van der Waals surface area contributed by atoms with Gasteiger partial charge in [-0.1, -0.05) is 12.1 Å². The molecule has 0 aliphatic heterocycles. The molecule has 0 aliphatic rings. The van der Waals surface area contributed by atoms with Crippen molar-refractivity contribution in [3.63, 3.8) is 0 Å². The Morgan fingerprint density at radius 1 is 1.11 bits per heavy atom. The van der Waals surface area contributed by atoms with Crippen LogP contribution in [0.25, 0.3) is 0 Å². The Morgan fingerprint density at radius 3 is 2.26 bits per heavy atom. The van der Waals surface area contributed by atoms with E-state index < -0.39 is 19.7 Å². The maximum atomic E-state index is 11.8. The summed E-state index contributed by atoms with van der Waals surface area (Å²) in [5, 5.41) is 0. The minimum atomic E-state index is -3.35. The first-order chi connectivity index (χ1) is 8.59. The van der Waals surface area contributed by atoms with Crippen molar-refractivity contribution in [2.75, 3.05) is 18.3 Å². The van der Waals surface area contributed by atoms with Gasteiger partial charge in [0.1, 0.15) is 9.84 Å². The minimum absolute atomic E-state index is 0.0511. The molecule has 0 spiro atoms. The summed E-state index contributed by atoms with van der Waals surface area (Å²) >= 11 is 0. The molecule has 5 nitrogen and oxygen atoms in total. The highest BCUT2D eigenvalue weighted by Crippen LogP contribution is 2.13. The van der Waals surface area contributed by atoms with Crippen molar-refractivity contribution < 1.29 is 21.6 Å². The van der Waals surface area contributed by atoms with E-state index in [2.05, 4.69) is 0 Å². The molecule has 19 heavy (non-hydrogen) atoms. The molecular weight excluding hydrogens is 288 g/mol. The third-order valence-electron chi connectivity index (χ3n) is 2.50. The topological polar surface area (TPSA) is 85.3 Å². The Labute approximate surface area is 113 Å². The van der Waals surface area contributed by atoms with Gasteiger partial charge in [-0.05, 0) is 18.6 Å². The lowest BCUT2D eigenvalue weighted by molar-refractivity contribution is 0.0982. The van der Waals surface area contributed by atoms with Gasteiger partial charge in [-0.25, -0.2) is 16.8 Å². The van der Waals surface area contributed by atoms with E-state index in [1.165, 1.54) is 24.3 Å². The molecule has 7 heteroatoms. The van der Waals surface area contributed by atoms with Gasteiger partial charge in [0.05, 0.1) is 10.6 Å². The van der Waals surface area contributed by atoms with Crippen molar-refractivity contribution in [1.82, 2.24) is 0 Å². The monoisotopic (exact) mass is 304 g/mol. The fourth-order valence-corrected chi connectivity index (χ4v) is 2.87. The standard InChI is InChI=1S/C12H16O5S2/c1-18(14,15)8-4-7-12(13)10-5-3-6-11(9-10)19(2,16)17/h3,5-6,9H,4,7-8H2,1-2H3. The smallest absolute Gasteiger partial charge is 0.175 e. The molecule has 0 fully saturated rings. The summed E-state index contributed by atoms with van der Waals surface area (Å²) in [5.74, 6) is -0.307. The van der Waals surface area contributed by atoms with Gasteiger partial charge < -0.3 is 0 Å². The highest BCUT2D eigenvalue weighted by Gasteiger charge is 2.12. The second-order valence-electron chi connectivity index (χ2n) is 4.46. The van der Waals surface area contributed by atoms with Gasteiger partial charge in [0.25, 0.3) is 0 Å². The van der Waals surface area contributed by atoms with Gasteiger partial charge in [0, 0.05) is 24.5 Å². The van der Waals surface area contributed by atoms with Crippen molar-refractivity contribution in [3.05, 3.63) is 29.8 Å². The Morgan fingerprint density at radius 2 is 1.74 bits per heavy atom. The molecule has 0 N–H and O–H groups in total.